The van der Waals surface area contributed by atoms with Crippen molar-refractivity contribution in [3.05, 3.63) is 153 Å². The summed E-state index contributed by atoms with van der Waals surface area (Å²) >= 11 is 7.02. The molecule has 0 bridgehead atoms. The quantitative estimate of drug-likeness (QED) is 0.105. The van der Waals surface area contributed by atoms with E-state index >= 15 is 0 Å². The van der Waals surface area contributed by atoms with Crippen LogP contribution in [0.2, 0.25) is 0 Å². The molecule has 26 heteroatoms. The van der Waals surface area contributed by atoms with Gasteiger partial charge >= 0.3 is 0 Å². The molecule has 12 heterocycles. The van der Waals surface area contributed by atoms with Crippen molar-refractivity contribution in [1.82, 2.24) is 73.6 Å². The highest BCUT2D eigenvalue weighted by Gasteiger charge is 2.21. The number of aromatic amines is 1. The van der Waals surface area contributed by atoms with E-state index < -0.39 is 21.5 Å². The zero-order chi connectivity index (χ0) is 56.7. The molecule has 0 radical (unpaired) electrons. The van der Waals surface area contributed by atoms with Crippen LogP contribution in [0.15, 0.2) is 129 Å². The molecule has 3 aliphatic rings. The molecule has 0 saturated carbocycles. The number of H-pyrrole nitrogens is 1. The maximum absolute atomic E-state index is 14.7. The van der Waals surface area contributed by atoms with E-state index in [1.807, 2.05) is 86.0 Å². The Morgan fingerprint density at radius 3 is 1.60 bits per heavy atom. The van der Waals surface area contributed by atoms with E-state index in [0.29, 0.717) is 41.8 Å². The van der Waals surface area contributed by atoms with Crippen molar-refractivity contribution in [2.45, 2.75) is 60.3 Å². The molecule has 0 aliphatic carbocycles. The van der Waals surface area contributed by atoms with Gasteiger partial charge in [0, 0.05) is 102 Å². The summed E-state index contributed by atoms with van der Waals surface area (Å²) in [6.45, 7) is 4.99. The number of pyridine rings is 3. The third kappa shape index (κ3) is 14.1. The van der Waals surface area contributed by atoms with Crippen LogP contribution in [0.25, 0.3) is 73.0 Å². The van der Waals surface area contributed by atoms with Crippen molar-refractivity contribution >= 4 is 94.2 Å². The molecule has 11 aromatic rings. The van der Waals surface area contributed by atoms with Crippen molar-refractivity contribution in [1.29, 1.82) is 0 Å². The number of aromatic nitrogens is 15. The van der Waals surface area contributed by atoms with Gasteiger partial charge in [0.15, 0.2) is 27.3 Å². The van der Waals surface area contributed by atoms with Gasteiger partial charge in [-0.15, -0.1) is 0 Å². The van der Waals surface area contributed by atoms with Crippen molar-refractivity contribution in [2.75, 3.05) is 45.9 Å². The smallest absolute Gasteiger partial charge is 0.182 e. The second-order valence-electron chi connectivity index (χ2n) is 19.8. The van der Waals surface area contributed by atoms with Gasteiger partial charge in [-0.1, -0.05) is 22.6 Å². The molecular formula is C56H54F2I3N15O5S. The van der Waals surface area contributed by atoms with Gasteiger partial charge in [0.2, 0.25) is 0 Å². The van der Waals surface area contributed by atoms with Gasteiger partial charge < -0.3 is 14.2 Å². The number of nitrogens with one attached hydrogen (secondary N) is 1. The van der Waals surface area contributed by atoms with Crippen LogP contribution >= 0.6 is 67.8 Å². The average Bonchev–Trinajstić information content (AvgIpc) is 4.54. The predicted molar refractivity (Wildman–Crippen MR) is 330 cm³/mol. The number of hydrogen-bond donors (Lipinski definition) is 1. The average molecular weight is 1470 g/mol. The van der Waals surface area contributed by atoms with Gasteiger partial charge in [-0.05, 0) is 167 Å². The maximum atomic E-state index is 14.7. The van der Waals surface area contributed by atoms with E-state index in [4.69, 9.17) is 14.2 Å². The first-order valence-corrected chi connectivity index (χ1v) is 31.8. The van der Waals surface area contributed by atoms with Crippen LogP contribution in [0.4, 0.5) is 8.78 Å². The lowest BCUT2D eigenvalue weighted by atomic mass is 9.96. The SMILES string of the molecule is CS(=O)(=O)Cc1cc(-c2ccc(F)cc2F)cc(-c2cnn3cc(-c4ncn(C5CCOCC5)n4)ccc23)c1.IC1CCOCC1.Ic1cnn2cc(-c3ncn(C4CCOCC4)n3)ccc12.Ic1cnn2cc(-c3ncn[nH]3)ccc12. The Bertz CT molecular complexity index is 4080. The lowest BCUT2D eigenvalue weighted by Crippen LogP contribution is -2.19. The fraction of sp³-hybridized carbons (Fsp3) is 0.304. The Morgan fingerprint density at radius 1 is 0.585 bits per heavy atom. The first-order chi connectivity index (χ1) is 39.8. The highest BCUT2D eigenvalue weighted by Crippen LogP contribution is 2.34. The number of halogens is 5. The summed E-state index contributed by atoms with van der Waals surface area (Å²) in [6, 6.07) is 21.1. The summed E-state index contributed by atoms with van der Waals surface area (Å²) in [6.07, 6.45) is 23.6. The van der Waals surface area contributed by atoms with Crippen molar-refractivity contribution in [3.63, 3.8) is 0 Å². The second kappa shape index (κ2) is 26.2. The van der Waals surface area contributed by atoms with Gasteiger partial charge in [-0.3, -0.25) is 5.10 Å². The molecule has 3 aliphatic heterocycles. The number of fused-ring (bicyclic) bond motifs is 3. The minimum Gasteiger partial charge on any atom is -0.381 e. The Kier molecular flexibility index (Phi) is 18.4. The molecular weight excluding hydrogens is 1410 g/mol. The van der Waals surface area contributed by atoms with E-state index in [9.17, 15) is 17.2 Å². The zero-order valence-corrected chi connectivity index (χ0v) is 51.4. The van der Waals surface area contributed by atoms with Crippen LogP contribution in [-0.4, -0.2) is 132 Å². The predicted octanol–water partition coefficient (Wildman–Crippen LogP) is 11.0. The third-order valence-corrected chi connectivity index (χ3v) is 17.7. The van der Waals surface area contributed by atoms with Crippen LogP contribution in [0.3, 0.4) is 0 Å². The van der Waals surface area contributed by atoms with Crippen LogP contribution in [0.1, 0.15) is 56.2 Å². The van der Waals surface area contributed by atoms with Crippen molar-refractivity contribution < 1.29 is 31.4 Å². The van der Waals surface area contributed by atoms with E-state index in [0.717, 1.165) is 126 Å². The summed E-state index contributed by atoms with van der Waals surface area (Å²) in [4.78, 5) is 13.0. The van der Waals surface area contributed by atoms with Gasteiger partial charge in [0.25, 0.3) is 0 Å². The van der Waals surface area contributed by atoms with Gasteiger partial charge in [0.1, 0.15) is 30.6 Å². The van der Waals surface area contributed by atoms with Gasteiger partial charge in [-0.25, -0.2) is 55.1 Å². The lowest BCUT2D eigenvalue weighted by Gasteiger charge is -2.21. The van der Waals surface area contributed by atoms with E-state index in [-0.39, 0.29) is 17.4 Å². The molecule has 424 valence electrons. The summed E-state index contributed by atoms with van der Waals surface area (Å²) in [5, 5.41) is 29.0. The number of nitrogens with zero attached hydrogens (tertiary/aromatic N) is 14. The third-order valence-electron chi connectivity index (χ3n) is 13.9. The van der Waals surface area contributed by atoms with E-state index in [2.05, 4.69) is 124 Å². The van der Waals surface area contributed by atoms with Crippen LogP contribution in [0, 0.1) is 18.8 Å². The molecule has 2 aromatic carbocycles. The standard InChI is InChI=1S/C28H25F2N5O3S.C14H14IN5O.C9H6IN5.C5H9IO/c1-39(36,37)16-18-10-20(24-4-3-22(29)13-26(24)30)12-21(11-18)25-14-32-34-15-19(2-5-27(25)34)28-31-17-35(33-28)23-6-8-38-9-7-23;15-12-7-17-19-8-10(1-2-13(12)19)14-16-9-20(18-14)11-3-5-21-6-4-11;10-7-3-13-15-4-6(1-2-8(7)15)9-11-5-12-14-9;6-5-1-3-7-4-2-5/h2-5,10-15,17,23H,6-9,16H2,1H3;1-2,7-9,11H,3-6H2;1-5H,(H,11,12,14);5H,1-4H2. The Balaban J connectivity index is 0.000000135. The van der Waals surface area contributed by atoms with Crippen LogP contribution < -0.4 is 0 Å². The number of alkyl halides is 1. The molecule has 3 saturated heterocycles. The maximum Gasteiger partial charge on any atom is 0.182 e. The van der Waals surface area contributed by atoms with Crippen molar-refractivity contribution in [2.24, 2.45) is 0 Å². The highest BCUT2D eigenvalue weighted by molar-refractivity contribution is 14.1. The number of rotatable bonds is 9. The molecule has 14 rings (SSSR count). The normalized spacial score (nSPS) is 15.4. The van der Waals surface area contributed by atoms with Crippen LogP contribution in [-0.2, 0) is 29.8 Å². The van der Waals surface area contributed by atoms with Gasteiger partial charge in [0.05, 0.1) is 60.1 Å². The molecule has 0 atom stereocenters. The number of sulfone groups is 1. The fourth-order valence-electron chi connectivity index (χ4n) is 9.71. The number of benzene rings is 2. The molecule has 9 aromatic heterocycles. The zero-order valence-electron chi connectivity index (χ0n) is 44.1. The minimum atomic E-state index is -3.36. The summed E-state index contributed by atoms with van der Waals surface area (Å²) in [5.74, 6) is 0.450. The monoisotopic (exact) mass is 1470 g/mol. The topological polar surface area (TPSA) is 217 Å². The van der Waals surface area contributed by atoms with Gasteiger partial charge in [-0.2, -0.15) is 30.6 Å². The second-order valence-corrected chi connectivity index (χ2v) is 26.0. The number of ether oxygens (including phenoxy) is 3. The van der Waals surface area contributed by atoms with Crippen LogP contribution in [0.5, 0.6) is 0 Å². The molecule has 0 amide bonds. The van der Waals surface area contributed by atoms with E-state index in [1.165, 1.54) is 31.3 Å². The van der Waals surface area contributed by atoms with Crippen molar-refractivity contribution in [3.8, 4) is 56.4 Å². The summed E-state index contributed by atoms with van der Waals surface area (Å²) < 4.78 is 80.8. The molecule has 3 fully saturated rings. The molecule has 20 nitrogen and oxygen atoms in total. The lowest BCUT2D eigenvalue weighted by molar-refractivity contribution is 0.0661. The van der Waals surface area contributed by atoms with E-state index in [1.54, 1.807) is 35.2 Å². The summed E-state index contributed by atoms with van der Waals surface area (Å²) in [7, 11) is -3.36. The minimum absolute atomic E-state index is 0.179. The first-order valence-electron chi connectivity index (χ1n) is 26.4. The highest BCUT2D eigenvalue weighted by atomic mass is 127. The molecule has 82 heavy (non-hydrogen) atoms. The molecule has 0 spiro atoms. The fourth-order valence-corrected chi connectivity index (χ4v) is 12.1. The first kappa shape index (κ1) is 57.6. The largest absolute Gasteiger partial charge is 0.381 e. The Morgan fingerprint density at radius 2 is 1.09 bits per heavy atom. The summed E-state index contributed by atoms with van der Waals surface area (Å²) in [5.41, 5.74) is 8.23. The molecule has 1 N–H and O–H groups in total. The number of hydrogen-bond acceptors (Lipinski definition) is 14. The molecule has 0 unspecified atom stereocenters. The Labute approximate surface area is 510 Å². The Hall–Kier alpha value is -6.19.